The van der Waals surface area contributed by atoms with Crippen LogP contribution in [0.15, 0.2) is 33.9 Å². The Morgan fingerprint density at radius 3 is 2.90 bits per heavy atom. The second-order valence-corrected chi connectivity index (χ2v) is 4.72. The van der Waals surface area contributed by atoms with Crippen molar-refractivity contribution in [2.45, 2.75) is 12.5 Å². The van der Waals surface area contributed by atoms with Gasteiger partial charge in [-0.05, 0) is 17.5 Å². The summed E-state index contributed by atoms with van der Waals surface area (Å²) in [4.78, 5) is 27.0. The molecule has 1 atom stereocenters. The molecule has 1 aromatic carbocycles. The minimum atomic E-state index is -0.611. The first-order valence-electron chi connectivity index (χ1n) is 6.44. The smallest absolute Gasteiger partial charge is 0.342 e. The van der Waals surface area contributed by atoms with Gasteiger partial charge in [0.15, 0.2) is 0 Å². The summed E-state index contributed by atoms with van der Waals surface area (Å²) < 4.78 is 0. The lowest BCUT2D eigenvalue weighted by atomic mass is 9.92. The normalized spacial score (nSPS) is 17.9. The van der Waals surface area contributed by atoms with Gasteiger partial charge in [0.1, 0.15) is 0 Å². The number of anilines is 1. The first kappa shape index (κ1) is 12.6. The summed E-state index contributed by atoms with van der Waals surface area (Å²) in [6, 6.07) is 7.92. The van der Waals surface area contributed by atoms with Gasteiger partial charge in [-0.25, -0.2) is 9.89 Å². The number of nitrogens with one attached hydrogen (secondary N) is 2. The third-order valence-electron chi connectivity index (χ3n) is 3.60. The summed E-state index contributed by atoms with van der Waals surface area (Å²) >= 11 is 0. The average molecular weight is 273 g/mol. The average Bonchev–Trinajstić information content (AvgIpc) is 2.46. The molecule has 0 fully saturated rings. The van der Waals surface area contributed by atoms with Gasteiger partial charge >= 0.3 is 5.69 Å². The van der Waals surface area contributed by atoms with Gasteiger partial charge in [-0.3, -0.25) is 9.78 Å². The highest BCUT2D eigenvalue weighted by atomic mass is 16.2. The van der Waals surface area contributed by atoms with Gasteiger partial charge in [0.25, 0.3) is 5.56 Å². The third-order valence-corrected chi connectivity index (χ3v) is 3.60. The van der Waals surface area contributed by atoms with E-state index in [0.29, 0.717) is 13.1 Å². The third kappa shape index (κ3) is 2.01. The van der Waals surface area contributed by atoms with Crippen molar-refractivity contribution in [1.82, 2.24) is 15.2 Å². The molecule has 104 valence electrons. The maximum Gasteiger partial charge on any atom is 0.342 e. The molecule has 2 aromatic rings. The van der Waals surface area contributed by atoms with Crippen LogP contribution in [0.3, 0.4) is 0 Å². The van der Waals surface area contributed by atoms with Crippen molar-refractivity contribution in [2.24, 2.45) is 5.73 Å². The zero-order valence-electron chi connectivity index (χ0n) is 10.8. The van der Waals surface area contributed by atoms with Crippen molar-refractivity contribution in [3.05, 3.63) is 56.2 Å². The number of hydrogen-bond donors (Lipinski definition) is 3. The summed E-state index contributed by atoms with van der Waals surface area (Å²) in [5, 5.41) is 6.12. The van der Waals surface area contributed by atoms with Gasteiger partial charge < -0.3 is 10.6 Å². The number of aromatic amines is 2. The second-order valence-electron chi connectivity index (χ2n) is 4.72. The molecule has 7 heteroatoms. The maximum atomic E-state index is 11.9. The molecular weight excluding hydrogens is 258 g/mol. The number of hydrogen-bond acceptors (Lipinski definition) is 5. The standard InChI is InChI=1S/C13H15N5O2/c14-7-10-9-4-2-1-3-8(9)5-6-18(10)11-12(19)15-13(20)17-16-11/h1-4,10H,5-7,14H2,(H2,15,17,19,20). The van der Waals surface area contributed by atoms with Crippen LogP contribution in [0.1, 0.15) is 17.2 Å². The van der Waals surface area contributed by atoms with Gasteiger partial charge in [0.2, 0.25) is 5.82 Å². The summed E-state index contributed by atoms with van der Waals surface area (Å²) in [6.45, 7) is 1.01. The summed E-state index contributed by atoms with van der Waals surface area (Å²) in [7, 11) is 0. The van der Waals surface area contributed by atoms with Crippen molar-refractivity contribution in [3.63, 3.8) is 0 Å². The molecule has 1 aliphatic heterocycles. The molecule has 0 bridgehead atoms. The molecule has 0 saturated heterocycles. The SMILES string of the molecule is NCC1c2ccccc2CCN1c1n[nH]c(=O)[nH]c1=O. The van der Waals surface area contributed by atoms with Crippen molar-refractivity contribution in [2.75, 3.05) is 18.0 Å². The van der Waals surface area contributed by atoms with Crippen LogP contribution in [0, 0.1) is 0 Å². The number of nitrogens with zero attached hydrogens (tertiary/aromatic N) is 2. The minimum absolute atomic E-state index is 0.112. The van der Waals surface area contributed by atoms with Crippen molar-refractivity contribution in [1.29, 1.82) is 0 Å². The Kier molecular flexibility index (Phi) is 3.11. The molecule has 0 aliphatic carbocycles. The molecule has 2 heterocycles. The number of aromatic nitrogens is 3. The Balaban J connectivity index is 2.07. The lowest BCUT2D eigenvalue weighted by molar-refractivity contribution is 0.575. The number of rotatable bonds is 2. The Morgan fingerprint density at radius 2 is 2.15 bits per heavy atom. The molecule has 1 aliphatic rings. The van der Waals surface area contributed by atoms with E-state index in [1.807, 2.05) is 23.1 Å². The molecule has 20 heavy (non-hydrogen) atoms. The topological polar surface area (TPSA) is 108 Å². The highest BCUT2D eigenvalue weighted by Crippen LogP contribution is 2.30. The van der Waals surface area contributed by atoms with Crippen molar-refractivity contribution >= 4 is 5.82 Å². The minimum Gasteiger partial charge on any atom is -0.342 e. The first-order valence-corrected chi connectivity index (χ1v) is 6.44. The largest absolute Gasteiger partial charge is 0.342 e. The van der Waals surface area contributed by atoms with Crippen molar-refractivity contribution in [3.8, 4) is 0 Å². The second kappa shape index (κ2) is 4.93. The summed E-state index contributed by atoms with van der Waals surface area (Å²) in [5.41, 5.74) is 7.11. The Labute approximate surface area is 114 Å². The molecule has 0 saturated carbocycles. The molecule has 3 rings (SSSR count). The van der Waals surface area contributed by atoms with E-state index >= 15 is 0 Å². The molecule has 1 unspecified atom stereocenters. The van der Waals surface area contributed by atoms with Crippen LogP contribution in [0.2, 0.25) is 0 Å². The van der Waals surface area contributed by atoms with E-state index in [0.717, 1.165) is 12.0 Å². The van der Waals surface area contributed by atoms with Crippen LogP contribution < -0.4 is 21.9 Å². The Morgan fingerprint density at radius 1 is 1.35 bits per heavy atom. The molecule has 0 radical (unpaired) electrons. The number of fused-ring (bicyclic) bond motifs is 1. The van der Waals surface area contributed by atoms with Crippen LogP contribution in [0.5, 0.6) is 0 Å². The number of nitrogens with two attached hydrogens (primary N) is 1. The van der Waals surface area contributed by atoms with E-state index in [1.165, 1.54) is 5.56 Å². The lowest BCUT2D eigenvalue weighted by Crippen LogP contribution is -2.43. The van der Waals surface area contributed by atoms with Crippen LogP contribution in [-0.2, 0) is 6.42 Å². The van der Waals surface area contributed by atoms with Crippen LogP contribution in [0.25, 0.3) is 0 Å². The zero-order chi connectivity index (χ0) is 14.1. The van der Waals surface area contributed by atoms with E-state index in [2.05, 4.69) is 21.2 Å². The fourth-order valence-electron chi connectivity index (χ4n) is 2.70. The van der Waals surface area contributed by atoms with Gasteiger partial charge in [0.05, 0.1) is 6.04 Å². The maximum absolute atomic E-state index is 11.9. The Bertz CT molecular complexity index is 736. The summed E-state index contributed by atoms with van der Waals surface area (Å²) in [5.74, 6) is 0.203. The van der Waals surface area contributed by atoms with Gasteiger partial charge in [0, 0.05) is 13.1 Å². The van der Waals surface area contributed by atoms with Gasteiger partial charge in [-0.1, -0.05) is 24.3 Å². The fraction of sp³-hybridized carbons (Fsp3) is 0.308. The molecule has 7 nitrogen and oxygen atoms in total. The highest BCUT2D eigenvalue weighted by Gasteiger charge is 2.28. The number of H-pyrrole nitrogens is 2. The van der Waals surface area contributed by atoms with Gasteiger partial charge in [-0.2, -0.15) is 0 Å². The Hall–Kier alpha value is -2.41. The number of benzene rings is 1. The van der Waals surface area contributed by atoms with Crippen LogP contribution >= 0.6 is 0 Å². The molecule has 0 spiro atoms. The van der Waals surface area contributed by atoms with Gasteiger partial charge in [-0.15, -0.1) is 5.10 Å². The van der Waals surface area contributed by atoms with E-state index in [4.69, 9.17) is 5.73 Å². The van der Waals surface area contributed by atoms with E-state index < -0.39 is 11.2 Å². The molecule has 1 aromatic heterocycles. The van der Waals surface area contributed by atoms with Crippen LogP contribution in [-0.4, -0.2) is 28.3 Å². The molecule has 0 amide bonds. The fourth-order valence-corrected chi connectivity index (χ4v) is 2.70. The predicted molar refractivity (Wildman–Crippen MR) is 74.8 cm³/mol. The highest BCUT2D eigenvalue weighted by molar-refractivity contribution is 5.46. The van der Waals surface area contributed by atoms with Crippen LogP contribution in [0.4, 0.5) is 5.82 Å². The van der Waals surface area contributed by atoms with Crippen molar-refractivity contribution < 1.29 is 0 Å². The quantitative estimate of drug-likeness (QED) is 0.685. The van der Waals surface area contributed by atoms with E-state index in [9.17, 15) is 9.59 Å². The molecule has 4 N–H and O–H groups in total. The predicted octanol–water partition coefficient (Wildman–Crippen LogP) is -0.479. The van der Waals surface area contributed by atoms with E-state index in [1.54, 1.807) is 0 Å². The van der Waals surface area contributed by atoms with E-state index in [-0.39, 0.29) is 11.9 Å². The monoisotopic (exact) mass is 273 g/mol. The lowest BCUT2D eigenvalue weighted by Gasteiger charge is -2.36. The molecular formula is C13H15N5O2. The zero-order valence-corrected chi connectivity index (χ0v) is 10.8. The summed E-state index contributed by atoms with van der Waals surface area (Å²) in [6.07, 6.45) is 0.812. The first-order chi connectivity index (χ1) is 9.70.